The smallest absolute Gasteiger partial charge is 0.328 e. The van der Waals surface area contributed by atoms with E-state index in [1.165, 1.54) is 11.3 Å². The third-order valence-electron chi connectivity index (χ3n) is 5.52. The Morgan fingerprint density at radius 2 is 1.60 bits per heavy atom. The lowest BCUT2D eigenvalue weighted by Crippen LogP contribution is -2.49. The van der Waals surface area contributed by atoms with E-state index in [-0.39, 0.29) is 24.1 Å². The van der Waals surface area contributed by atoms with Crippen molar-refractivity contribution in [3.8, 4) is 0 Å². The molecule has 2 aliphatic heterocycles. The van der Waals surface area contributed by atoms with Gasteiger partial charge in [-0.25, -0.2) is 4.79 Å². The van der Waals surface area contributed by atoms with Crippen molar-refractivity contribution >= 4 is 35.1 Å². The van der Waals surface area contributed by atoms with E-state index >= 15 is 0 Å². The molecule has 0 saturated carbocycles. The van der Waals surface area contributed by atoms with E-state index in [1.54, 1.807) is 24.3 Å². The van der Waals surface area contributed by atoms with E-state index in [4.69, 9.17) is 0 Å². The molecule has 0 spiro atoms. The van der Waals surface area contributed by atoms with Gasteiger partial charge in [0.05, 0.1) is 0 Å². The molecule has 0 aliphatic carbocycles. The first-order chi connectivity index (χ1) is 14.5. The number of nitrogens with one attached hydrogen (secondary N) is 2. The number of anilines is 2. The van der Waals surface area contributed by atoms with E-state index in [0.29, 0.717) is 30.8 Å². The van der Waals surface area contributed by atoms with Crippen LogP contribution in [0.4, 0.5) is 16.2 Å². The van der Waals surface area contributed by atoms with Crippen LogP contribution < -0.4 is 15.5 Å². The Hall–Kier alpha value is -2.90. The van der Waals surface area contributed by atoms with E-state index < -0.39 is 6.03 Å². The molecule has 8 nitrogen and oxygen atoms in total. The molecule has 2 N–H and O–H groups in total. The molecule has 0 bridgehead atoms. The van der Waals surface area contributed by atoms with Gasteiger partial charge in [-0.05, 0) is 56.4 Å². The number of carbonyl (C=O) groups is 4. The number of likely N-dealkylation sites (tertiary alicyclic amines) is 1. The van der Waals surface area contributed by atoms with Crippen LogP contribution in [0.5, 0.6) is 0 Å². The SMILES string of the molecule is O=C1CCN(c2ccc(NC(=O)CCCCCC(=O)N3CCCCC3)cc2)C(=O)N1. The van der Waals surface area contributed by atoms with E-state index in [9.17, 15) is 19.2 Å². The molecule has 3 rings (SSSR count). The fourth-order valence-corrected chi connectivity index (χ4v) is 3.80. The van der Waals surface area contributed by atoms with Gasteiger partial charge in [-0.3, -0.25) is 24.6 Å². The van der Waals surface area contributed by atoms with Crippen LogP contribution >= 0.6 is 0 Å². The molecule has 5 amide bonds. The lowest BCUT2D eigenvalue weighted by molar-refractivity contribution is -0.132. The summed E-state index contributed by atoms with van der Waals surface area (Å²) in [4.78, 5) is 50.8. The number of carbonyl (C=O) groups excluding carboxylic acids is 4. The number of piperidine rings is 1. The number of benzene rings is 1. The second-order valence-electron chi connectivity index (χ2n) is 7.85. The summed E-state index contributed by atoms with van der Waals surface area (Å²) in [5.41, 5.74) is 1.34. The van der Waals surface area contributed by atoms with Gasteiger partial charge in [-0.15, -0.1) is 0 Å². The molecule has 0 unspecified atom stereocenters. The van der Waals surface area contributed by atoms with E-state index in [0.717, 1.165) is 45.2 Å². The lowest BCUT2D eigenvalue weighted by atomic mass is 10.1. The Kier molecular flexibility index (Phi) is 7.82. The highest BCUT2D eigenvalue weighted by Crippen LogP contribution is 2.20. The molecule has 8 heteroatoms. The van der Waals surface area contributed by atoms with Crippen LogP contribution in [0.1, 0.15) is 57.8 Å². The van der Waals surface area contributed by atoms with Crippen LogP contribution in [-0.4, -0.2) is 48.3 Å². The highest BCUT2D eigenvalue weighted by atomic mass is 16.2. The van der Waals surface area contributed by atoms with Crippen molar-refractivity contribution in [2.24, 2.45) is 0 Å². The third-order valence-corrected chi connectivity index (χ3v) is 5.52. The molecule has 2 fully saturated rings. The first-order valence-corrected chi connectivity index (χ1v) is 10.8. The molecule has 0 atom stereocenters. The number of hydrogen-bond acceptors (Lipinski definition) is 4. The zero-order valence-electron chi connectivity index (χ0n) is 17.3. The van der Waals surface area contributed by atoms with Crippen molar-refractivity contribution in [3.63, 3.8) is 0 Å². The number of rotatable bonds is 8. The molecule has 2 saturated heterocycles. The van der Waals surface area contributed by atoms with Gasteiger partial charge in [0.25, 0.3) is 0 Å². The van der Waals surface area contributed by atoms with Crippen LogP contribution in [-0.2, 0) is 14.4 Å². The van der Waals surface area contributed by atoms with Crippen molar-refractivity contribution in [2.45, 2.75) is 57.8 Å². The molecular formula is C22H30N4O4. The standard InChI is InChI=1S/C22H30N4O4/c27-19(7-3-1-4-8-21(29)25-14-5-2-6-15-25)23-17-9-11-18(12-10-17)26-16-13-20(28)24-22(26)30/h9-12H,1-8,13-16H2,(H,23,27)(H,24,28,30). The minimum atomic E-state index is -0.429. The number of amides is 5. The maximum Gasteiger partial charge on any atom is 0.328 e. The maximum atomic E-state index is 12.1. The summed E-state index contributed by atoms with van der Waals surface area (Å²) in [7, 11) is 0. The van der Waals surface area contributed by atoms with Crippen molar-refractivity contribution in [3.05, 3.63) is 24.3 Å². The minimum Gasteiger partial charge on any atom is -0.343 e. The van der Waals surface area contributed by atoms with Crippen LogP contribution in [0.2, 0.25) is 0 Å². The van der Waals surface area contributed by atoms with Crippen molar-refractivity contribution in [1.82, 2.24) is 10.2 Å². The second kappa shape index (κ2) is 10.8. The molecule has 1 aromatic carbocycles. The fourth-order valence-electron chi connectivity index (χ4n) is 3.80. The normalized spacial score (nSPS) is 16.9. The van der Waals surface area contributed by atoms with Gasteiger partial charge in [-0.2, -0.15) is 0 Å². The summed E-state index contributed by atoms with van der Waals surface area (Å²) in [5.74, 6) is -0.0894. The summed E-state index contributed by atoms with van der Waals surface area (Å²) in [6, 6.07) is 6.55. The predicted molar refractivity (Wildman–Crippen MR) is 114 cm³/mol. The van der Waals surface area contributed by atoms with Gasteiger partial charge < -0.3 is 10.2 Å². The van der Waals surface area contributed by atoms with Crippen LogP contribution in [0, 0.1) is 0 Å². The van der Waals surface area contributed by atoms with E-state index in [2.05, 4.69) is 10.6 Å². The quantitative estimate of drug-likeness (QED) is 0.639. The maximum absolute atomic E-state index is 12.1. The number of hydrogen-bond donors (Lipinski definition) is 2. The molecule has 2 aliphatic rings. The average molecular weight is 415 g/mol. The molecule has 2 heterocycles. The van der Waals surface area contributed by atoms with Gasteiger partial charge in [-0.1, -0.05) is 6.42 Å². The Balaban J connectivity index is 1.33. The average Bonchev–Trinajstić information content (AvgIpc) is 2.75. The zero-order chi connectivity index (χ0) is 21.3. The predicted octanol–water partition coefficient (Wildman–Crippen LogP) is 3.03. The molecule has 0 radical (unpaired) electrons. The third kappa shape index (κ3) is 6.30. The Morgan fingerprint density at radius 3 is 2.30 bits per heavy atom. The number of urea groups is 1. The highest BCUT2D eigenvalue weighted by Gasteiger charge is 2.24. The number of nitrogens with zero attached hydrogens (tertiary/aromatic N) is 2. The Bertz CT molecular complexity index is 772. The van der Waals surface area contributed by atoms with E-state index in [1.807, 2.05) is 4.90 Å². The summed E-state index contributed by atoms with van der Waals surface area (Å²) in [6.45, 7) is 2.12. The summed E-state index contributed by atoms with van der Waals surface area (Å²) in [6.07, 6.45) is 7.11. The first kappa shape index (κ1) is 21.8. The van der Waals surface area contributed by atoms with Gasteiger partial charge in [0.2, 0.25) is 17.7 Å². The van der Waals surface area contributed by atoms with Gasteiger partial charge in [0, 0.05) is 50.3 Å². The first-order valence-electron chi connectivity index (χ1n) is 10.8. The Morgan fingerprint density at radius 1 is 0.900 bits per heavy atom. The fraction of sp³-hybridized carbons (Fsp3) is 0.545. The molecular weight excluding hydrogens is 384 g/mol. The molecule has 0 aromatic heterocycles. The van der Waals surface area contributed by atoms with Crippen LogP contribution in [0.25, 0.3) is 0 Å². The summed E-state index contributed by atoms with van der Waals surface area (Å²) in [5, 5.41) is 5.14. The molecule has 162 valence electrons. The van der Waals surface area contributed by atoms with Crippen molar-refractivity contribution in [2.75, 3.05) is 29.9 Å². The zero-order valence-corrected chi connectivity index (χ0v) is 17.3. The largest absolute Gasteiger partial charge is 0.343 e. The second-order valence-corrected chi connectivity index (χ2v) is 7.85. The van der Waals surface area contributed by atoms with Crippen LogP contribution in [0.15, 0.2) is 24.3 Å². The topological polar surface area (TPSA) is 98.8 Å². The molecule has 30 heavy (non-hydrogen) atoms. The van der Waals surface area contributed by atoms with Gasteiger partial charge >= 0.3 is 6.03 Å². The number of unbranched alkanes of at least 4 members (excludes halogenated alkanes) is 2. The van der Waals surface area contributed by atoms with Crippen molar-refractivity contribution < 1.29 is 19.2 Å². The number of imide groups is 1. The van der Waals surface area contributed by atoms with Gasteiger partial charge in [0.15, 0.2) is 0 Å². The minimum absolute atomic E-state index is 0.0635. The summed E-state index contributed by atoms with van der Waals surface area (Å²) < 4.78 is 0. The van der Waals surface area contributed by atoms with Crippen molar-refractivity contribution in [1.29, 1.82) is 0 Å². The summed E-state index contributed by atoms with van der Waals surface area (Å²) >= 11 is 0. The highest BCUT2D eigenvalue weighted by molar-refractivity contribution is 6.05. The lowest BCUT2D eigenvalue weighted by Gasteiger charge is -2.26. The monoisotopic (exact) mass is 414 g/mol. The Labute approximate surface area is 177 Å². The van der Waals surface area contributed by atoms with Gasteiger partial charge in [0.1, 0.15) is 0 Å². The molecule has 1 aromatic rings. The van der Waals surface area contributed by atoms with Crippen LogP contribution in [0.3, 0.4) is 0 Å².